The lowest BCUT2D eigenvalue weighted by molar-refractivity contribution is 0.281. The van der Waals surface area contributed by atoms with Gasteiger partial charge < -0.3 is 11.1 Å². The van der Waals surface area contributed by atoms with Crippen LogP contribution in [0.3, 0.4) is 0 Å². The first-order valence-corrected chi connectivity index (χ1v) is 6.17. The molecule has 6 nitrogen and oxygen atoms in total. The number of nitrogens with one attached hydrogen (secondary N) is 2. The van der Waals surface area contributed by atoms with E-state index in [9.17, 15) is 4.21 Å². The molecule has 1 aromatic rings. The van der Waals surface area contributed by atoms with E-state index in [-0.39, 0.29) is 6.73 Å². The normalized spacial score (nSPS) is 12.4. The molecule has 0 saturated carbocycles. The molecule has 17 heavy (non-hydrogen) atoms. The van der Waals surface area contributed by atoms with Crippen molar-refractivity contribution in [2.45, 2.75) is 6.92 Å². The number of aryl methyl sites for hydroxylation is 1. The number of hydrogen-bond donors (Lipinski definition) is 4. The van der Waals surface area contributed by atoms with Gasteiger partial charge in [0.2, 0.25) is 0 Å². The highest BCUT2D eigenvalue weighted by Crippen LogP contribution is 2.15. The molecule has 0 bridgehead atoms. The molecule has 1 rings (SSSR count). The van der Waals surface area contributed by atoms with Crippen molar-refractivity contribution in [3.05, 3.63) is 23.8 Å². The standard InChI is InChI=1S/C10H17N3O3S/c1-8-6-9(2-3-10(8)11)13-5-4-12-7-16-17(14)15/h2-3,6,12-13H,4-5,7,11H2,1H3,(H,14,15). The highest BCUT2D eigenvalue weighted by Gasteiger charge is 1.96. The van der Waals surface area contributed by atoms with Gasteiger partial charge in [0.05, 0.1) is 0 Å². The second-order valence-electron chi connectivity index (χ2n) is 3.48. The van der Waals surface area contributed by atoms with Crippen LogP contribution in [0.25, 0.3) is 0 Å². The van der Waals surface area contributed by atoms with Gasteiger partial charge in [-0.05, 0) is 30.7 Å². The number of nitrogen functional groups attached to an aromatic ring is 1. The van der Waals surface area contributed by atoms with E-state index < -0.39 is 11.4 Å². The fraction of sp³-hybridized carbons (Fsp3) is 0.400. The molecule has 0 saturated heterocycles. The summed E-state index contributed by atoms with van der Waals surface area (Å²) < 4.78 is 22.9. The maximum absolute atomic E-state index is 10.1. The van der Waals surface area contributed by atoms with Crippen molar-refractivity contribution in [1.29, 1.82) is 0 Å². The van der Waals surface area contributed by atoms with Crippen LogP contribution in [-0.4, -0.2) is 28.6 Å². The van der Waals surface area contributed by atoms with Gasteiger partial charge in [0.1, 0.15) is 6.73 Å². The zero-order chi connectivity index (χ0) is 12.7. The van der Waals surface area contributed by atoms with E-state index in [0.717, 1.165) is 16.9 Å². The lowest BCUT2D eigenvalue weighted by Gasteiger charge is -2.09. The fourth-order valence-corrected chi connectivity index (χ4v) is 1.43. The maximum atomic E-state index is 10.1. The largest absolute Gasteiger partial charge is 0.399 e. The Labute approximate surface area is 103 Å². The van der Waals surface area contributed by atoms with E-state index in [1.165, 1.54) is 0 Å². The fourth-order valence-electron chi connectivity index (χ4n) is 1.25. The lowest BCUT2D eigenvalue weighted by Crippen LogP contribution is -2.25. The summed E-state index contributed by atoms with van der Waals surface area (Å²) in [5.74, 6) is 0. The molecule has 0 aliphatic rings. The summed E-state index contributed by atoms with van der Waals surface area (Å²) in [7, 11) is 0. The molecular weight excluding hydrogens is 242 g/mol. The van der Waals surface area contributed by atoms with Crippen LogP contribution in [0.5, 0.6) is 0 Å². The minimum atomic E-state index is -2.21. The molecule has 1 aromatic carbocycles. The maximum Gasteiger partial charge on any atom is 0.303 e. The van der Waals surface area contributed by atoms with Gasteiger partial charge >= 0.3 is 11.4 Å². The van der Waals surface area contributed by atoms with Crippen LogP contribution >= 0.6 is 0 Å². The van der Waals surface area contributed by atoms with Gasteiger partial charge in [-0.1, -0.05) is 0 Å². The molecule has 0 aliphatic carbocycles. The molecule has 0 aliphatic heterocycles. The third kappa shape index (κ3) is 5.64. The minimum absolute atomic E-state index is 0.0472. The lowest BCUT2D eigenvalue weighted by atomic mass is 10.2. The van der Waals surface area contributed by atoms with Crippen molar-refractivity contribution < 1.29 is 12.9 Å². The highest BCUT2D eigenvalue weighted by molar-refractivity contribution is 7.74. The summed E-state index contributed by atoms with van der Waals surface area (Å²) in [5.41, 5.74) is 8.49. The summed E-state index contributed by atoms with van der Waals surface area (Å²) >= 11 is -2.21. The molecular formula is C10H17N3O3S. The topological polar surface area (TPSA) is 96.6 Å². The average Bonchev–Trinajstić information content (AvgIpc) is 2.27. The van der Waals surface area contributed by atoms with E-state index in [1.807, 2.05) is 25.1 Å². The Morgan fingerprint density at radius 2 is 2.24 bits per heavy atom. The monoisotopic (exact) mass is 259 g/mol. The molecule has 5 N–H and O–H groups in total. The third-order valence-corrected chi connectivity index (χ3v) is 2.48. The SMILES string of the molecule is Cc1cc(NCCNCOS(=O)O)ccc1N. The smallest absolute Gasteiger partial charge is 0.303 e. The highest BCUT2D eigenvalue weighted by atomic mass is 32.2. The molecule has 0 aromatic heterocycles. The summed E-state index contributed by atoms with van der Waals surface area (Å²) in [6, 6.07) is 5.72. The average molecular weight is 259 g/mol. The Bertz CT molecular complexity index is 387. The molecule has 1 atom stereocenters. The third-order valence-electron chi connectivity index (χ3n) is 2.16. The number of hydrogen-bond acceptors (Lipinski definition) is 5. The quantitative estimate of drug-likeness (QED) is 0.249. The molecule has 0 amide bonds. The Balaban J connectivity index is 2.18. The molecule has 0 radical (unpaired) electrons. The summed E-state index contributed by atoms with van der Waals surface area (Å²) in [5, 5.41) is 6.04. The number of anilines is 2. The Kier molecular flexibility index (Phi) is 5.92. The van der Waals surface area contributed by atoms with Crippen LogP contribution in [0.2, 0.25) is 0 Å². The molecule has 0 spiro atoms. The molecule has 7 heteroatoms. The summed E-state index contributed by atoms with van der Waals surface area (Å²) in [6.07, 6.45) is 0. The van der Waals surface area contributed by atoms with E-state index in [0.29, 0.717) is 13.1 Å². The van der Waals surface area contributed by atoms with Gasteiger partial charge in [0.25, 0.3) is 0 Å². The molecule has 0 heterocycles. The van der Waals surface area contributed by atoms with Crippen molar-refractivity contribution in [1.82, 2.24) is 5.32 Å². The van der Waals surface area contributed by atoms with Crippen molar-refractivity contribution in [2.75, 3.05) is 30.9 Å². The summed E-state index contributed by atoms with van der Waals surface area (Å²) in [4.78, 5) is 0. The second-order valence-corrected chi connectivity index (χ2v) is 4.15. The van der Waals surface area contributed by atoms with E-state index >= 15 is 0 Å². The van der Waals surface area contributed by atoms with Crippen LogP contribution in [0, 0.1) is 6.92 Å². The number of benzene rings is 1. The van der Waals surface area contributed by atoms with Gasteiger partial charge in [-0.3, -0.25) is 14.1 Å². The first kappa shape index (κ1) is 13.9. The second kappa shape index (κ2) is 7.23. The minimum Gasteiger partial charge on any atom is -0.399 e. The van der Waals surface area contributed by atoms with Crippen LogP contribution in [0.15, 0.2) is 18.2 Å². The van der Waals surface area contributed by atoms with Gasteiger partial charge in [-0.15, -0.1) is 0 Å². The van der Waals surface area contributed by atoms with Crippen molar-refractivity contribution >= 4 is 22.7 Å². The Morgan fingerprint density at radius 3 is 2.88 bits per heavy atom. The van der Waals surface area contributed by atoms with Crippen LogP contribution in [0.4, 0.5) is 11.4 Å². The van der Waals surface area contributed by atoms with Crippen LogP contribution in [0.1, 0.15) is 5.56 Å². The zero-order valence-corrected chi connectivity index (χ0v) is 10.4. The first-order chi connectivity index (χ1) is 8.09. The van der Waals surface area contributed by atoms with Crippen molar-refractivity contribution in [2.24, 2.45) is 0 Å². The van der Waals surface area contributed by atoms with Crippen molar-refractivity contribution in [3.63, 3.8) is 0 Å². The number of nitrogens with two attached hydrogens (primary N) is 1. The predicted molar refractivity (Wildman–Crippen MR) is 68.8 cm³/mol. The number of rotatable bonds is 7. The van der Waals surface area contributed by atoms with Crippen molar-refractivity contribution in [3.8, 4) is 0 Å². The molecule has 96 valence electrons. The van der Waals surface area contributed by atoms with E-state index in [1.54, 1.807) is 0 Å². The molecule has 0 fully saturated rings. The van der Waals surface area contributed by atoms with Gasteiger partial charge in [0.15, 0.2) is 0 Å². The van der Waals surface area contributed by atoms with Gasteiger partial charge in [0, 0.05) is 24.5 Å². The first-order valence-electron chi connectivity index (χ1n) is 5.14. The van der Waals surface area contributed by atoms with E-state index in [4.69, 9.17) is 10.3 Å². The van der Waals surface area contributed by atoms with Crippen LogP contribution < -0.4 is 16.4 Å². The van der Waals surface area contributed by atoms with Gasteiger partial charge in [-0.2, -0.15) is 4.21 Å². The Hall–Kier alpha value is -1.15. The molecule has 1 unspecified atom stereocenters. The van der Waals surface area contributed by atoms with Crippen LogP contribution in [-0.2, 0) is 15.5 Å². The predicted octanol–water partition coefficient (Wildman–Crippen LogP) is 0.690. The van der Waals surface area contributed by atoms with Gasteiger partial charge in [-0.25, -0.2) is 0 Å². The van der Waals surface area contributed by atoms with E-state index in [2.05, 4.69) is 14.8 Å². The Morgan fingerprint density at radius 1 is 1.47 bits per heavy atom. The summed E-state index contributed by atoms with van der Waals surface area (Å²) in [6.45, 7) is 3.31. The zero-order valence-electron chi connectivity index (χ0n) is 9.60.